The molecule has 172 valence electrons. The number of hydrogen-bond donors (Lipinski definition) is 1. The molecule has 0 radical (unpaired) electrons. The van der Waals surface area contributed by atoms with Gasteiger partial charge in [-0.15, -0.1) is 0 Å². The molecule has 0 bridgehead atoms. The van der Waals surface area contributed by atoms with Gasteiger partial charge in [-0.25, -0.2) is 4.90 Å². The SMILES string of the molecule is COc1ccc(N2C(=O)/C(=C/c3ccc(N4CCCC4)cc3OC)C(=O)NC2=S)c(OC)c1. The Morgan fingerprint density at radius 2 is 1.67 bits per heavy atom. The predicted molar refractivity (Wildman–Crippen MR) is 130 cm³/mol. The van der Waals surface area contributed by atoms with Gasteiger partial charge >= 0.3 is 0 Å². The van der Waals surface area contributed by atoms with E-state index in [1.807, 2.05) is 18.2 Å². The molecule has 0 spiro atoms. The Hall–Kier alpha value is -3.59. The van der Waals surface area contributed by atoms with Crippen molar-refractivity contribution in [1.29, 1.82) is 0 Å². The summed E-state index contributed by atoms with van der Waals surface area (Å²) in [7, 11) is 4.59. The second kappa shape index (κ2) is 9.50. The van der Waals surface area contributed by atoms with Crippen molar-refractivity contribution in [3.05, 3.63) is 47.5 Å². The van der Waals surface area contributed by atoms with Crippen LogP contribution in [0.25, 0.3) is 6.08 Å². The van der Waals surface area contributed by atoms with Crippen LogP contribution in [0.15, 0.2) is 42.0 Å². The largest absolute Gasteiger partial charge is 0.497 e. The zero-order chi connectivity index (χ0) is 23.5. The van der Waals surface area contributed by atoms with Crippen LogP contribution in [0.2, 0.25) is 0 Å². The average Bonchev–Trinajstić information content (AvgIpc) is 3.37. The molecule has 2 aliphatic heterocycles. The summed E-state index contributed by atoms with van der Waals surface area (Å²) in [6, 6.07) is 10.7. The molecule has 2 amide bonds. The molecule has 4 rings (SSSR count). The van der Waals surface area contributed by atoms with Crippen molar-refractivity contribution in [1.82, 2.24) is 5.32 Å². The molecule has 0 atom stereocenters. The molecular formula is C24H25N3O5S. The number of benzene rings is 2. The summed E-state index contributed by atoms with van der Waals surface area (Å²) in [5, 5.41) is 2.57. The van der Waals surface area contributed by atoms with Crippen LogP contribution in [-0.4, -0.2) is 51.3 Å². The van der Waals surface area contributed by atoms with E-state index in [0.29, 0.717) is 28.5 Å². The number of nitrogens with one attached hydrogen (secondary N) is 1. The van der Waals surface area contributed by atoms with E-state index in [-0.39, 0.29) is 10.7 Å². The van der Waals surface area contributed by atoms with Crippen LogP contribution in [0, 0.1) is 0 Å². The van der Waals surface area contributed by atoms with Gasteiger partial charge in [0.25, 0.3) is 11.8 Å². The minimum Gasteiger partial charge on any atom is -0.497 e. The molecule has 2 aliphatic rings. The summed E-state index contributed by atoms with van der Waals surface area (Å²) in [5.74, 6) is 0.397. The van der Waals surface area contributed by atoms with Gasteiger partial charge in [0.15, 0.2) is 5.11 Å². The van der Waals surface area contributed by atoms with Crippen LogP contribution >= 0.6 is 12.2 Å². The topological polar surface area (TPSA) is 80.3 Å². The fourth-order valence-electron chi connectivity index (χ4n) is 3.99. The zero-order valence-electron chi connectivity index (χ0n) is 18.7. The first-order valence-corrected chi connectivity index (χ1v) is 10.9. The van der Waals surface area contributed by atoms with Gasteiger partial charge in [-0.2, -0.15) is 0 Å². The van der Waals surface area contributed by atoms with Crippen LogP contribution in [0.4, 0.5) is 11.4 Å². The molecule has 2 aromatic rings. The molecule has 33 heavy (non-hydrogen) atoms. The smallest absolute Gasteiger partial charge is 0.270 e. The summed E-state index contributed by atoms with van der Waals surface area (Å²) in [6.07, 6.45) is 3.84. The van der Waals surface area contributed by atoms with E-state index in [9.17, 15) is 9.59 Å². The summed E-state index contributed by atoms with van der Waals surface area (Å²) in [6.45, 7) is 2.00. The lowest BCUT2D eigenvalue weighted by Crippen LogP contribution is -2.54. The van der Waals surface area contributed by atoms with Gasteiger partial charge in [-0.3, -0.25) is 14.9 Å². The fraction of sp³-hybridized carbons (Fsp3) is 0.292. The predicted octanol–water partition coefficient (Wildman–Crippen LogP) is 3.14. The monoisotopic (exact) mass is 467 g/mol. The van der Waals surface area contributed by atoms with Crippen LogP contribution in [0.3, 0.4) is 0 Å². The molecule has 1 N–H and O–H groups in total. The Balaban J connectivity index is 1.71. The Bertz CT molecular complexity index is 1140. The van der Waals surface area contributed by atoms with Crippen LogP contribution < -0.4 is 29.3 Å². The molecule has 2 aromatic carbocycles. The maximum atomic E-state index is 13.4. The second-order valence-electron chi connectivity index (χ2n) is 7.62. The minimum atomic E-state index is -0.570. The highest BCUT2D eigenvalue weighted by atomic mass is 32.1. The van der Waals surface area contributed by atoms with E-state index in [4.69, 9.17) is 26.4 Å². The van der Waals surface area contributed by atoms with E-state index in [2.05, 4.69) is 10.2 Å². The number of carbonyl (C=O) groups is 2. The van der Waals surface area contributed by atoms with E-state index < -0.39 is 11.8 Å². The summed E-state index contributed by atoms with van der Waals surface area (Å²) in [5.41, 5.74) is 2.01. The quantitative estimate of drug-likeness (QED) is 0.397. The highest BCUT2D eigenvalue weighted by Crippen LogP contribution is 2.35. The third kappa shape index (κ3) is 4.36. The van der Waals surface area contributed by atoms with Gasteiger partial charge in [0.2, 0.25) is 0 Å². The van der Waals surface area contributed by atoms with Crippen molar-refractivity contribution < 1.29 is 23.8 Å². The van der Waals surface area contributed by atoms with Gasteiger partial charge in [-0.1, -0.05) is 0 Å². The van der Waals surface area contributed by atoms with E-state index >= 15 is 0 Å². The zero-order valence-corrected chi connectivity index (χ0v) is 19.5. The lowest BCUT2D eigenvalue weighted by atomic mass is 10.1. The van der Waals surface area contributed by atoms with Crippen molar-refractivity contribution in [3.63, 3.8) is 0 Å². The van der Waals surface area contributed by atoms with Crippen LogP contribution in [-0.2, 0) is 9.59 Å². The molecule has 2 fully saturated rings. The number of ether oxygens (including phenoxy) is 3. The number of methoxy groups -OCH3 is 3. The molecular weight excluding hydrogens is 442 g/mol. The van der Waals surface area contributed by atoms with Crippen molar-refractivity contribution in [3.8, 4) is 17.2 Å². The van der Waals surface area contributed by atoms with Gasteiger partial charge in [0.05, 0.1) is 27.0 Å². The second-order valence-corrected chi connectivity index (χ2v) is 8.00. The van der Waals surface area contributed by atoms with Crippen molar-refractivity contribution in [2.75, 3.05) is 44.2 Å². The molecule has 2 heterocycles. The van der Waals surface area contributed by atoms with Crippen molar-refractivity contribution in [2.24, 2.45) is 0 Å². The lowest BCUT2D eigenvalue weighted by Gasteiger charge is -2.30. The van der Waals surface area contributed by atoms with Gasteiger partial charge < -0.3 is 19.1 Å². The number of anilines is 2. The maximum Gasteiger partial charge on any atom is 0.270 e. The third-order valence-corrected chi connectivity index (χ3v) is 6.00. The molecule has 0 unspecified atom stereocenters. The molecule has 2 saturated heterocycles. The summed E-state index contributed by atoms with van der Waals surface area (Å²) >= 11 is 5.31. The Morgan fingerprint density at radius 3 is 2.33 bits per heavy atom. The molecule has 0 aliphatic carbocycles. The first kappa shape index (κ1) is 22.6. The maximum absolute atomic E-state index is 13.4. The highest BCUT2D eigenvalue weighted by molar-refractivity contribution is 7.80. The molecule has 0 aromatic heterocycles. The first-order valence-electron chi connectivity index (χ1n) is 10.5. The number of nitrogens with zero attached hydrogens (tertiary/aromatic N) is 2. The highest BCUT2D eigenvalue weighted by Gasteiger charge is 2.36. The third-order valence-electron chi connectivity index (χ3n) is 5.72. The van der Waals surface area contributed by atoms with Crippen LogP contribution in [0.1, 0.15) is 18.4 Å². The average molecular weight is 468 g/mol. The minimum absolute atomic E-state index is 0.0260. The van der Waals surface area contributed by atoms with E-state index in [1.165, 1.54) is 25.2 Å². The standard InChI is InChI=1S/C24H25N3O5S/c1-30-17-8-9-19(21(14-17)32-3)27-23(29)18(22(28)25-24(27)33)12-15-6-7-16(13-20(15)31-2)26-10-4-5-11-26/h6-9,12-14H,4-5,10-11H2,1-3H3,(H,25,28,33)/b18-12+. The van der Waals surface area contributed by atoms with Crippen LogP contribution in [0.5, 0.6) is 17.2 Å². The molecule has 0 saturated carbocycles. The number of hydrogen-bond acceptors (Lipinski definition) is 7. The van der Waals surface area contributed by atoms with Gasteiger partial charge in [0.1, 0.15) is 22.8 Å². The van der Waals surface area contributed by atoms with E-state index in [1.54, 1.807) is 25.3 Å². The lowest BCUT2D eigenvalue weighted by molar-refractivity contribution is -0.122. The summed E-state index contributed by atoms with van der Waals surface area (Å²) < 4.78 is 16.2. The summed E-state index contributed by atoms with van der Waals surface area (Å²) in [4.78, 5) is 29.7. The Kier molecular flexibility index (Phi) is 6.50. The first-order chi connectivity index (χ1) is 16.0. The van der Waals surface area contributed by atoms with Gasteiger partial charge in [0, 0.05) is 36.5 Å². The molecule has 9 heteroatoms. The Morgan fingerprint density at radius 1 is 0.939 bits per heavy atom. The number of amides is 2. The Labute approximate surface area is 197 Å². The van der Waals surface area contributed by atoms with Crippen molar-refractivity contribution >= 4 is 46.6 Å². The number of rotatable bonds is 6. The van der Waals surface area contributed by atoms with Crippen molar-refractivity contribution in [2.45, 2.75) is 12.8 Å². The fourth-order valence-corrected chi connectivity index (χ4v) is 4.27. The van der Waals surface area contributed by atoms with E-state index in [0.717, 1.165) is 31.6 Å². The molecule has 8 nitrogen and oxygen atoms in total. The number of thiocarbonyl (C=S) groups is 1. The number of carbonyl (C=O) groups excluding carboxylic acids is 2. The normalized spacial score (nSPS) is 17.4. The van der Waals surface area contributed by atoms with Gasteiger partial charge in [-0.05, 0) is 55.4 Å².